The summed E-state index contributed by atoms with van der Waals surface area (Å²) in [4.78, 5) is 19.9. The molecule has 0 saturated heterocycles. The van der Waals surface area contributed by atoms with Gasteiger partial charge in [0.1, 0.15) is 11.5 Å². The van der Waals surface area contributed by atoms with Crippen LogP contribution >= 0.6 is 22.7 Å². The van der Waals surface area contributed by atoms with Gasteiger partial charge in [-0.2, -0.15) is 24.3 Å². The fourth-order valence-corrected chi connectivity index (χ4v) is 11.1. The van der Waals surface area contributed by atoms with E-state index in [4.69, 9.17) is 0 Å². The maximum absolute atomic E-state index is 10.8. The average Bonchev–Trinajstić information content (AvgIpc) is 2.07. The van der Waals surface area contributed by atoms with Crippen LogP contribution in [0.2, 0.25) is 0 Å². The van der Waals surface area contributed by atoms with E-state index in [2.05, 4.69) is 136 Å². The zero-order chi connectivity index (χ0) is 56.7. The maximum Gasteiger partial charge on any atom is 0.124 e. The first-order valence-electron chi connectivity index (χ1n) is 28.7. The van der Waals surface area contributed by atoms with Crippen LogP contribution < -0.4 is 0 Å². The minimum absolute atomic E-state index is 0. The second-order valence-electron chi connectivity index (χ2n) is 19.9. The fraction of sp³-hybridized carbons (Fsp3) is 0.288. The van der Waals surface area contributed by atoms with Gasteiger partial charge in [-0.15, -0.1) is 10.8 Å². The molecule has 83 heavy (non-hydrogen) atoms. The molecule has 2 radical (unpaired) electrons. The number of rotatable bonds is 24. The number of aromatic nitrogens is 2. The summed E-state index contributed by atoms with van der Waals surface area (Å²) in [6.07, 6.45) is 26.6. The summed E-state index contributed by atoms with van der Waals surface area (Å²) in [5.41, 5.74) is 29.4. The molecule has 430 valence electrons. The largest absolute Gasteiger partial charge is 0.507 e. The Morgan fingerprint density at radius 1 is 0.530 bits per heavy atom. The van der Waals surface area contributed by atoms with E-state index >= 15 is 0 Å². The molecule has 0 saturated carbocycles. The van der Waals surface area contributed by atoms with Crippen LogP contribution in [-0.2, 0) is 45.6 Å². The van der Waals surface area contributed by atoms with Gasteiger partial charge in [-0.1, -0.05) is 180 Å². The van der Waals surface area contributed by atoms with Gasteiger partial charge in [0, 0.05) is 94.7 Å². The molecule has 0 spiro atoms. The van der Waals surface area contributed by atoms with Gasteiger partial charge in [-0.3, -0.25) is 9.98 Å². The van der Waals surface area contributed by atoms with Crippen molar-refractivity contribution in [1.29, 1.82) is 0 Å². The van der Waals surface area contributed by atoms with Gasteiger partial charge < -0.3 is 20.2 Å². The van der Waals surface area contributed by atoms with E-state index in [-0.39, 0.29) is 51.7 Å². The molecule has 0 aliphatic heterocycles. The number of nitrogens with zero attached hydrogens (tertiary/aromatic N) is 4. The van der Waals surface area contributed by atoms with E-state index in [1.54, 1.807) is 47.2 Å². The van der Waals surface area contributed by atoms with Crippen LogP contribution in [0.1, 0.15) is 139 Å². The molecule has 1 aliphatic rings. The van der Waals surface area contributed by atoms with Crippen molar-refractivity contribution in [2.45, 2.75) is 122 Å². The molecule has 0 unspecified atom stereocenters. The van der Waals surface area contributed by atoms with Crippen molar-refractivity contribution in [2.24, 2.45) is 9.98 Å². The fourth-order valence-electron chi connectivity index (χ4n) is 9.80. The summed E-state index contributed by atoms with van der Waals surface area (Å²) in [6.45, 7) is 11.8. The molecule has 1 aliphatic carbocycles. The van der Waals surface area contributed by atoms with Crippen molar-refractivity contribution in [3.8, 4) is 66.0 Å². The topological polar surface area (TPSA) is 91.0 Å². The molecule has 6 nitrogen and oxygen atoms in total. The molecule has 0 amide bonds. The SMILES string of the molecule is C=C=C=C=C=C=C=CC1(CCCCCCCC)c2cc(-c3ccc(O)c(C=NCCCCCC)c3)ccc2-c2ccc(-c3ccc(O)c(C=NCCCCCC)c3)cc21.[Ir].[Ir].[c-]1ccsc1-c1ccccn1.[c-]1ccsc1-c1ccccn1. The second-order valence-corrected chi connectivity index (χ2v) is 21.8. The van der Waals surface area contributed by atoms with Gasteiger partial charge >= 0.3 is 0 Å². The van der Waals surface area contributed by atoms with Gasteiger partial charge in [-0.05, 0) is 159 Å². The number of aliphatic imine (C=N–C) groups is 2. The number of hydrogen-bond acceptors (Lipinski definition) is 8. The number of phenolic OH excluding ortho intramolecular Hbond substituents is 2. The average molecular weight is 1490 g/mol. The smallest absolute Gasteiger partial charge is 0.124 e. The van der Waals surface area contributed by atoms with Crippen LogP contribution in [0, 0.1) is 12.1 Å². The minimum atomic E-state index is -0.506. The van der Waals surface area contributed by atoms with E-state index in [0.29, 0.717) is 0 Å². The van der Waals surface area contributed by atoms with Crippen molar-refractivity contribution in [3.63, 3.8) is 0 Å². The molecule has 4 aromatic heterocycles. The van der Waals surface area contributed by atoms with Crippen LogP contribution in [0.5, 0.6) is 11.5 Å². The molecule has 0 fully saturated rings. The van der Waals surface area contributed by atoms with Crippen LogP contribution in [0.4, 0.5) is 0 Å². The quantitative estimate of drug-likeness (QED) is 0.0273. The van der Waals surface area contributed by atoms with Gasteiger partial charge in [-0.25, -0.2) is 22.7 Å². The molecule has 10 heteroatoms. The summed E-state index contributed by atoms with van der Waals surface area (Å²) < 4.78 is 0. The minimum Gasteiger partial charge on any atom is -0.507 e. The van der Waals surface area contributed by atoms with Crippen molar-refractivity contribution in [1.82, 2.24) is 9.97 Å². The number of allylic oxidation sites excluding steroid dienone is 1. The first-order chi connectivity index (χ1) is 39.9. The van der Waals surface area contributed by atoms with Crippen molar-refractivity contribution >= 4 is 35.1 Å². The molecular formula is C73H74Ir2N4O2S2-2. The second kappa shape index (κ2) is 37.4. The van der Waals surface area contributed by atoms with Gasteiger partial charge in [0.2, 0.25) is 0 Å². The number of aromatic hydroxyl groups is 2. The van der Waals surface area contributed by atoms with Crippen molar-refractivity contribution < 1.29 is 50.4 Å². The monoisotopic (exact) mass is 1490 g/mol. The molecule has 9 rings (SSSR count). The molecule has 8 aromatic rings. The number of fused-ring (bicyclic) bond motifs is 3. The molecule has 2 N–H and O–H groups in total. The summed E-state index contributed by atoms with van der Waals surface area (Å²) >= 11 is 3.32. The van der Waals surface area contributed by atoms with Crippen LogP contribution in [-0.4, -0.2) is 45.7 Å². The number of benzene rings is 4. The number of unbranched alkanes of at least 4 members (excludes halogenated alkanes) is 11. The van der Waals surface area contributed by atoms with Crippen LogP contribution in [0.15, 0.2) is 202 Å². The first kappa shape index (κ1) is 67.0. The predicted octanol–water partition coefficient (Wildman–Crippen LogP) is 19.8. The summed E-state index contributed by atoms with van der Waals surface area (Å²) in [6, 6.07) is 47.0. The first-order valence-corrected chi connectivity index (χ1v) is 30.5. The maximum atomic E-state index is 10.8. The Morgan fingerprint density at radius 2 is 0.976 bits per heavy atom. The number of hydrogen-bond donors (Lipinski definition) is 2. The number of thiophene rings is 2. The van der Waals surface area contributed by atoms with Crippen molar-refractivity contribution in [2.75, 3.05) is 13.1 Å². The third-order valence-electron chi connectivity index (χ3n) is 14.1. The van der Waals surface area contributed by atoms with E-state index < -0.39 is 5.41 Å². The Bertz CT molecular complexity index is 3330. The summed E-state index contributed by atoms with van der Waals surface area (Å²) in [7, 11) is 0. The third kappa shape index (κ3) is 20.2. The molecular weight excluding hydrogens is 1410 g/mol. The molecule has 0 atom stereocenters. The van der Waals surface area contributed by atoms with E-state index in [0.717, 1.165) is 99.7 Å². The molecule has 0 bridgehead atoms. The Balaban J connectivity index is 0.000000429. The number of phenols is 2. The third-order valence-corrected chi connectivity index (χ3v) is 15.7. The Morgan fingerprint density at radius 3 is 1.42 bits per heavy atom. The van der Waals surface area contributed by atoms with Gasteiger partial charge in [0.25, 0.3) is 0 Å². The zero-order valence-electron chi connectivity index (χ0n) is 48.0. The zero-order valence-corrected chi connectivity index (χ0v) is 54.4. The van der Waals surface area contributed by atoms with E-state index in [1.165, 1.54) is 86.5 Å². The van der Waals surface area contributed by atoms with Crippen molar-refractivity contribution in [3.05, 3.63) is 226 Å². The predicted molar refractivity (Wildman–Crippen MR) is 342 cm³/mol. The van der Waals surface area contributed by atoms with Crippen LogP contribution in [0.25, 0.3) is 54.5 Å². The normalized spacial score (nSPS) is 12.5. The van der Waals surface area contributed by atoms with Gasteiger partial charge in [0.15, 0.2) is 0 Å². The van der Waals surface area contributed by atoms with E-state index in [1.807, 2.05) is 96.0 Å². The standard InChI is InChI=1S/C55H62N2O2.2C9H6NS.2Ir/c1-5-9-13-17-19-21-33-55(34-22-20-18-14-10-6-2)51-39-45(43-27-31-53(58)47(37-43)41-56-35-23-15-11-7-3)25-29-49(51)50-30-26-46(40-52(50)55)44-28-32-54(59)48(38-44)42-57-36-24-16-12-8-4;2*1-2-6-10-8(4-1)9-5-3-7-11-9;;/h25-33,37-42,58-59H,1,6-8,10-12,14-16,18,20,22-24,34-36H2,2-4H3;2*1-4,6-7H;;/q;2*-1;;. The summed E-state index contributed by atoms with van der Waals surface area (Å²) in [5, 5.41) is 25.6. The molecule has 4 aromatic carbocycles. The molecule has 4 heterocycles. The number of pyridine rings is 2. The Kier molecular flexibility index (Phi) is 30.2. The van der Waals surface area contributed by atoms with E-state index in [9.17, 15) is 10.2 Å². The Labute approximate surface area is 528 Å². The van der Waals surface area contributed by atoms with Gasteiger partial charge in [0.05, 0.1) is 0 Å². The Hall–Kier alpha value is -6.76. The van der Waals surface area contributed by atoms with Crippen LogP contribution in [0.3, 0.4) is 0 Å². The summed E-state index contributed by atoms with van der Waals surface area (Å²) in [5.74, 6) is 0.460.